The van der Waals surface area contributed by atoms with E-state index in [2.05, 4.69) is 6.08 Å². The van der Waals surface area contributed by atoms with E-state index in [0.29, 0.717) is 42.3 Å². The SMILES string of the molecule is COc1cc(OC)c(C2=CCN(C(=O)c3ccc(C)c(OC)c3)CC2)c(OC)c1. The molecule has 0 bridgehead atoms. The van der Waals surface area contributed by atoms with Gasteiger partial charge in [-0.15, -0.1) is 0 Å². The molecular formula is C23H27NO5. The van der Waals surface area contributed by atoms with Crippen LogP contribution in [0.1, 0.15) is 27.9 Å². The average Bonchev–Trinajstić information content (AvgIpc) is 2.78. The van der Waals surface area contributed by atoms with Gasteiger partial charge in [0, 0.05) is 30.8 Å². The molecule has 0 aliphatic carbocycles. The number of methoxy groups -OCH3 is 4. The summed E-state index contributed by atoms with van der Waals surface area (Å²) < 4.78 is 21.8. The fourth-order valence-corrected chi connectivity index (χ4v) is 3.54. The minimum absolute atomic E-state index is 0.00717. The number of hydrogen-bond acceptors (Lipinski definition) is 5. The molecule has 2 aromatic carbocycles. The Morgan fingerprint density at radius 2 is 1.55 bits per heavy atom. The second kappa shape index (κ2) is 8.90. The van der Waals surface area contributed by atoms with Gasteiger partial charge in [0.1, 0.15) is 23.0 Å². The smallest absolute Gasteiger partial charge is 0.254 e. The molecule has 29 heavy (non-hydrogen) atoms. The molecule has 2 aromatic rings. The second-order valence-electron chi connectivity index (χ2n) is 6.82. The number of benzene rings is 2. The third-order valence-corrected chi connectivity index (χ3v) is 5.19. The lowest BCUT2D eigenvalue weighted by molar-refractivity contribution is 0.0772. The number of aryl methyl sites for hydroxylation is 1. The largest absolute Gasteiger partial charge is 0.496 e. The Bertz CT molecular complexity index is 910. The summed E-state index contributed by atoms with van der Waals surface area (Å²) in [6.07, 6.45) is 2.76. The van der Waals surface area contributed by atoms with Crippen LogP contribution in [0.5, 0.6) is 23.0 Å². The standard InChI is InChI=1S/C23H27NO5/c1-15-6-7-17(12-19(15)27-3)23(25)24-10-8-16(9-11-24)22-20(28-4)13-18(26-2)14-21(22)29-5/h6-8,12-14H,9-11H2,1-5H3. The normalized spacial score (nSPS) is 13.6. The highest BCUT2D eigenvalue weighted by atomic mass is 16.5. The van der Waals surface area contributed by atoms with E-state index in [-0.39, 0.29) is 5.91 Å². The van der Waals surface area contributed by atoms with E-state index in [1.54, 1.807) is 34.5 Å². The van der Waals surface area contributed by atoms with E-state index in [9.17, 15) is 4.79 Å². The lowest BCUT2D eigenvalue weighted by atomic mass is 9.96. The summed E-state index contributed by atoms with van der Waals surface area (Å²) in [5.41, 5.74) is 3.62. The number of rotatable bonds is 6. The first-order valence-corrected chi connectivity index (χ1v) is 9.45. The zero-order chi connectivity index (χ0) is 21.0. The first kappa shape index (κ1) is 20.6. The highest BCUT2D eigenvalue weighted by Crippen LogP contribution is 2.41. The van der Waals surface area contributed by atoms with Crippen molar-refractivity contribution >= 4 is 11.5 Å². The van der Waals surface area contributed by atoms with Crippen LogP contribution >= 0.6 is 0 Å². The first-order valence-electron chi connectivity index (χ1n) is 9.45. The number of amides is 1. The van der Waals surface area contributed by atoms with Gasteiger partial charge >= 0.3 is 0 Å². The van der Waals surface area contributed by atoms with Crippen molar-refractivity contribution in [1.82, 2.24) is 4.90 Å². The quantitative estimate of drug-likeness (QED) is 0.739. The molecule has 6 nitrogen and oxygen atoms in total. The predicted octanol–water partition coefficient (Wildman–Crippen LogP) is 3.96. The molecule has 0 saturated heterocycles. The summed E-state index contributed by atoms with van der Waals surface area (Å²) in [6, 6.07) is 9.23. The predicted molar refractivity (Wildman–Crippen MR) is 112 cm³/mol. The zero-order valence-corrected chi connectivity index (χ0v) is 17.6. The van der Waals surface area contributed by atoms with Crippen molar-refractivity contribution in [2.45, 2.75) is 13.3 Å². The van der Waals surface area contributed by atoms with Gasteiger partial charge in [0.05, 0.1) is 34.0 Å². The number of carbonyl (C=O) groups is 1. The highest BCUT2D eigenvalue weighted by molar-refractivity contribution is 5.95. The van der Waals surface area contributed by atoms with Crippen molar-refractivity contribution < 1.29 is 23.7 Å². The van der Waals surface area contributed by atoms with Crippen LogP contribution in [-0.4, -0.2) is 52.3 Å². The number of hydrogen-bond donors (Lipinski definition) is 0. The van der Waals surface area contributed by atoms with Gasteiger partial charge in [0.15, 0.2) is 0 Å². The van der Waals surface area contributed by atoms with Crippen LogP contribution in [0, 0.1) is 6.92 Å². The molecule has 1 amide bonds. The van der Waals surface area contributed by atoms with Crippen LogP contribution in [0.15, 0.2) is 36.4 Å². The molecule has 0 aromatic heterocycles. The molecular weight excluding hydrogens is 370 g/mol. The summed E-state index contributed by atoms with van der Waals surface area (Å²) >= 11 is 0. The first-order chi connectivity index (χ1) is 14.0. The highest BCUT2D eigenvalue weighted by Gasteiger charge is 2.24. The van der Waals surface area contributed by atoms with Gasteiger partial charge in [-0.1, -0.05) is 12.1 Å². The van der Waals surface area contributed by atoms with Crippen molar-refractivity contribution in [2.24, 2.45) is 0 Å². The number of ether oxygens (including phenoxy) is 4. The summed E-state index contributed by atoms with van der Waals surface area (Å²) in [7, 11) is 6.48. The third kappa shape index (κ3) is 4.16. The zero-order valence-electron chi connectivity index (χ0n) is 17.6. The van der Waals surface area contributed by atoms with Crippen molar-refractivity contribution in [2.75, 3.05) is 41.5 Å². The van der Waals surface area contributed by atoms with Gasteiger partial charge in [0.25, 0.3) is 5.91 Å². The second-order valence-corrected chi connectivity index (χ2v) is 6.82. The molecule has 0 fully saturated rings. The van der Waals surface area contributed by atoms with Crippen molar-refractivity contribution in [3.05, 3.63) is 53.1 Å². The minimum atomic E-state index is -0.00717. The van der Waals surface area contributed by atoms with Crippen molar-refractivity contribution in [3.63, 3.8) is 0 Å². The van der Waals surface area contributed by atoms with Crippen LogP contribution in [0.25, 0.3) is 5.57 Å². The molecule has 0 atom stereocenters. The van der Waals surface area contributed by atoms with Crippen LogP contribution in [0.4, 0.5) is 0 Å². The lowest BCUT2D eigenvalue weighted by Crippen LogP contribution is -2.34. The fourth-order valence-electron chi connectivity index (χ4n) is 3.54. The molecule has 0 N–H and O–H groups in total. The van der Waals surface area contributed by atoms with E-state index in [1.165, 1.54) is 0 Å². The molecule has 0 spiro atoms. The fraction of sp³-hybridized carbons (Fsp3) is 0.348. The van der Waals surface area contributed by atoms with E-state index >= 15 is 0 Å². The minimum Gasteiger partial charge on any atom is -0.496 e. The Balaban J connectivity index is 1.85. The Morgan fingerprint density at radius 3 is 2.07 bits per heavy atom. The number of carbonyl (C=O) groups excluding carboxylic acids is 1. The van der Waals surface area contributed by atoms with Crippen LogP contribution < -0.4 is 18.9 Å². The molecule has 0 saturated carbocycles. The molecule has 154 valence electrons. The summed E-state index contributed by atoms with van der Waals surface area (Å²) in [4.78, 5) is 14.8. The van der Waals surface area contributed by atoms with Gasteiger partial charge < -0.3 is 23.8 Å². The maximum absolute atomic E-state index is 12.9. The summed E-state index contributed by atoms with van der Waals surface area (Å²) in [5, 5.41) is 0. The molecule has 1 aliphatic heterocycles. The maximum Gasteiger partial charge on any atom is 0.254 e. The van der Waals surface area contributed by atoms with E-state index in [1.807, 2.05) is 36.1 Å². The molecule has 0 radical (unpaired) electrons. The Morgan fingerprint density at radius 1 is 0.897 bits per heavy atom. The molecule has 3 rings (SSSR count). The average molecular weight is 397 g/mol. The van der Waals surface area contributed by atoms with Gasteiger partial charge in [0.2, 0.25) is 0 Å². The molecule has 6 heteroatoms. The summed E-state index contributed by atoms with van der Waals surface area (Å²) in [5.74, 6) is 2.76. The van der Waals surface area contributed by atoms with Crippen molar-refractivity contribution in [3.8, 4) is 23.0 Å². The summed E-state index contributed by atoms with van der Waals surface area (Å²) in [6.45, 7) is 3.08. The Labute approximate surface area is 171 Å². The topological polar surface area (TPSA) is 57.2 Å². The van der Waals surface area contributed by atoms with Gasteiger partial charge in [-0.2, -0.15) is 0 Å². The molecule has 1 aliphatic rings. The third-order valence-electron chi connectivity index (χ3n) is 5.19. The number of nitrogens with zero attached hydrogens (tertiary/aromatic N) is 1. The Hall–Kier alpha value is -3.15. The van der Waals surface area contributed by atoms with E-state index in [0.717, 1.165) is 22.4 Å². The van der Waals surface area contributed by atoms with Crippen molar-refractivity contribution in [1.29, 1.82) is 0 Å². The van der Waals surface area contributed by atoms with E-state index in [4.69, 9.17) is 18.9 Å². The van der Waals surface area contributed by atoms with Gasteiger partial charge in [-0.3, -0.25) is 4.79 Å². The maximum atomic E-state index is 12.9. The van der Waals surface area contributed by atoms with Gasteiger partial charge in [-0.25, -0.2) is 0 Å². The van der Waals surface area contributed by atoms with Crippen LogP contribution in [0.3, 0.4) is 0 Å². The van der Waals surface area contributed by atoms with Crippen LogP contribution in [0.2, 0.25) is 0 Å². The molecule has 1 heterocycles. The van der Waals surface area contributed by atoms with E-state index < -0.39 is 0 Å². The molecule has 0 unspecified atom stereocenters. The monoisotopic (exact) mass is 397 g/mol. The lowest BCUT2D eigenvalue weighted by Gasteiger charge is -2.28. The Kier molecular flexibility index (Phi) is 6.32. The van der Waals surface area contributed by atoms with Crippen LogP contribution in [-0.2, 0) is 0 Å². The van der Waals surface area contributed by atoms with Gasteiger partial charge in [-0.05, 0) is 36.6 Å².